The Morgan fingerprint density at radius 1 is 0.938 bits per heavy atom. The molecule has 1 atom stereocenters. The summed E-state index contributed by atoms with van der Waals surface area (Å²) < 4.78 is 0. The normalized spacial score (nSPS) is 18.4. The van der Waals surface area contributed by atoms with Crippen LogP contribution in [0.4, 0.5) is 0 Å². The Bertz CT molecular complexity index is 516. The lowest BCUT2D eigenvalue weighted by atomic mass is 9.95. The van der Waals surface area contributed by atoms with E-state index >= 15 is 0 Å². The van der Waals surface area contributed by atoms with Crippen molar-refractivity contribution in [1.29, 1.82) is 0 Å². The van der Waals surface area contributed by atoms with E-state index in [0.29, 0.717) is 6.04 Å². The van der Waals surface area contributed by atoms with Crippen LogP contribution in [-0.4, -0.2) is 0 Å². The molecule has 0 saturated carbocycles. The smallest absolute Gasteiger partial charge is 0.0301 e. The van der Waals surface area contributed by atoms with Gasteiger partial charge in [-0.1, -0.05) is 48.5 Å². The summed E-state index contributed by atoms with van der Waals surface area (Å²) in [5, 5.41) is 3.56. The summed E-state index contributed by atoms with van der Waals surface area (Å²) in [6, 6.07) is 17.7. The van der Waals surface area contributed by atoms with Crippen LogP contribution in [0.25, 0.3) is 11.1 Å². The third-order valence-corrected chi connectivity index (χ3v) is 3.33. The average Bonchev–Trinajstić information content (AvgIpc) is 2.49. The van der Waals surface area contributed by atoms with Crippen LogP contribution in [-0.2, 0) is 6.54 Å². The van der Waals surface area contributed by atoms with Gasteiger partial charge in [0.15, 0.2) is 0 Å². The van der Waals surface area contributed by atoms with Gasteiger partial charge in [-0.05, 0) is 29.2 Å². The minimum Gasteiger partial charge on any atom is -0.306 e. The summed E-state index contributed by atoms with van der Waals surface area (Å²) in [6.45, 7) is 3.18. The molecule has 1 N–H and O–H groups in total. The first-order valence-electron chi connectivity index (χ1n) is 5.77. The second-order valence-corrected chi connectivity index (χ2v) is 4.35. The van der Waals surface area contributed by atoms with Crippen LogP contribution in [0, 0.1) is 0 Å². The van der Waals surface area contributed by atoms with Crippen LogP contribution in [0.1, 0.15) is 24.1 Å². The summed E-state index contributed by atoms with van der Waals surface area (Å²) in [6.07, 6.45) is 0. The van der Waals surface area contributed by atoms with E-state index in [1.807, 2.05) is 0 Å². The molecule has 0 spiro atoms. The molecule has 2 aromatic rings. The van der Waals surface area contributed by atoms with E-state index in [2.05, 4.69) is 60.8 Å². The monoisotopic (exact) mass is 209 g/mol. The molecule has 16 heavy (non-hydrogen) atoms. The van der Waals surface area contributed by atoms with Crippen molar-refractivity contribution in [1.82, 2.24) is 5.32 Å². The highest BCUT2D eigenvalue weighted by Crippen LogP contribution is 2.33. The third-order valence-electron chi connectivity index (χ3n) is 3.33. The van der Waals surface area contributed by atoms with Gasteiger partial charge < -0.3 is 5.32 Å². The minimum atomic E-state index is 0.420. The average molecular weight is 209 g/mol. The summed E-state index contributed by atoms with van der Waals surface area (Å²) >= 11 is 0. The lowest BCUT2D eigenvalue weighted by molar-refractivity contribution is 0.582. The van der Waals surface area contributed by atoms with E-state index in [9.17, 15) is 0 Å². The molecule has 0 bridgehead atoms. The highest BCUT2D eigenvalue weighted by molar-refractivity contribution is 5.72. The van der Waals surface area contributed by atoms with Crippen LogP contribution in [0.2, 0.25) is 0 Å². The van der Waals surface area contributed by atoms with Gasteiger partial charge in [0, 0.05) is 12.6 Å². The van der Waals surface area contributed by atoms with Gasteiger partial charge in [-0.2, -0.15) is 0 Å². The second-order valence-electron chi connectivity index (χ2n) is 4.35. The maximum Gasteiger partial charge on any atom is 0.0301 e. The Kier molecular flexibility index (Phi) is 2.26. The zero-order valence-electron chi connectivity index (χ0n) is 9.40. The van der Waals surface area contributed by atoms with Gasteiger partial charge in [0.05, 0.1) is 0 Å². The fourth-order valence-corrected chi connectivity index (χ4v) is 2.43. The summed E-state index contributed by atoms with van der Waals surface area (Å²) in [7, 11) is 0. The van der Waals surface area contributed by atoms with E-state index in [0.717, 1.165) is 6.54 Å². The quantitative estimate of drug-likeness (QED) is 0.700. The minimum absolute atomic E-state index is 0.420. The van der Waals surface area contributed by atoms with Crippen molar-refractivity contribution in [3.63, 3.8) is 0 Å². The predicted molar refractivity (Wildman–Crippen MR) is 67.1 cm³/mol. The summed E-state index contributed by atoms with van der Waals surface area (Å²) in [5.41, 5.74) is 5.53. The van der Waals surface area contributed by atoms with Gasteiger partial charge in [0.2, 0.25) is 0 Å². The number of hydrogen-bond acceptors (Lipinski definition) is 1. The molecule has 0 aromatic heterocycles. The van der Waals surface area contributed by atoms with E-state index in [1.165, 1.54) is 22.3 Å². The van der Waals surface area contributed by atoms with Gasteiger partial charge >= 0.3 is 0 Å². The molecule has 1 heteroatoms. The Hall–Kier alpha value is -1.60. The SMILES string of the molecule is C[C@H]1NCc2ccccc2-c2ccccc21. The molecule has 80 valence electrons. The molecular formula is C15H15N. The lowest BCUT2D eigenvalue weighted by Crippen LogP contribution is -2.16. The lowest BCUT2D eigenvalue weighted by Gasteiger charge is -2.13. The zero-order chi connectivity index (χ0) is 11.0. The summed E-state index contributed by atoms with van der Waals surface area (Å²) in [5.74, 6) is 0. The first-order valence-corrected chi connectivity index (χ1v) is 5.77. The first-order chi connectivity index (χ1) is 7.86. The topological polar surface area (TPSA) is 12.0 Å². The van der Waals surface area contributed by atoms with Crippen molar-refractivity contribution < 1.29 is 0 Å². The molecule has 0 amide bonds. The number of fused-ring (bicyclic) bond motifs is 3. The number of nitrogens with one attached hydrogen (secondary N) is 1. The van der Waals surface area contributed by atoms with Crippen molar-refractivity contribution in [2.24, 2.45) is 0 Å². The van der Waals surface area contributed by atoms with Gasteiger partial charge in [-0.3, -0.25) is 0 Å². The molecule has 0 radical (unpaired) electrons. The molecule has 0 saturated heterocycles. The number of rotatable bonds is 0. The molecule has 2 aromatic carbocycles. The number of hydrogen-bond donors (Lipinski definition) is 1. The third kappa shape index (κ3) is 1.44. The largest absolute Gasteiger partial charge is 0.306 e. The van der Waals surface area contributed by atoms with Crippen LogP contribution >= 0.6 is 0 Å². The van der Waals surface area contributed by atoms with Gasteiger partial charge in [-0.25, -0.2) is 0 Å². The molecule has 3 rings (SSSR count). The molecular weight excluding hydrogens is 194 g/mol. The molecule has 1 aliphatic rings. The van der Waals surface area contributed by atoms with E-state index < -0.39 is 0 Å². The molecule has 1 nitrogen and oxygen atoms in total. The number of benzene rings is 2. The van der Waals surface area contributed by atoms with Crippen LogP contribution in [0.5, 0.6) is 0 Å². The highest BCUT2D eigenvalue weighted by Gasteiger charge is 2.17. The van der Waals surface area contributed by atoms with E-state index in [1.54, 1.807) is 0 Å². The molecule has 0 fully saturated rings. The molecule has 0 unspecified atom stereocenters. The van der Waals surface area contributed by atoms with Crippen molar-refractivity contribution in [2.45, 2.75) is 19.5 Å². The van der Waals surface area contributed by atoms with Crippen LogP contribution < -0.4 is 5.32 Å². The van der Waals surface area contributed by atoms with Gasteiger partial charge in [-0.15, -0.1) is 0 Å². The van der Waals surface area contributed by atoms with E-state index in [-0.39, 0.29) is 0 Å². The Balaban J connectivity index is 2.28. The first kappa shape index (κ1) is 9.61. The standard InChI is InChI=1S/C15H15N/c1-11-13-7-4-5-9-15(13)14-8-3-2-6-12(14)10-16-11/h2-9,11,16H,10H2,1H3/t11-/m1/s1. The Morgan fingerprint density at radius 3 is 2.50 bits per heavy atom. The fraction of sp³-hybridized carbons (Fsp3) is 0.200. The van der Waals surface area contributed by atoms with Gasteiger partial charge in [0.25, 0.3) is 0 Å². The summed E-state index contributed by atoms with van der Waals surface area (Å²) in [4.78, 5) is 0. The van der Waals surface area contributed by atoms with Crippen molar-refractivity contribution in [3.05, 3.63) is 59.7 Å². The predicted octanol–water partition coefficient (Wildman–Crippen LogP) is 3.52. The Labute approximate surface area is 96.1 Å². The van der Waals surface area contributed by atoms with Crippen molar-refractivity contribution in [2.75, 3.05) is 0 Å². The maximum atomic E-state index is 3.56. The Morgan fingerprint density at radius 2 is 1.62 bits per heavy atom. The second kappa shape index (κ2) is 3.76. The van der Waals surface area contributed by atoms with Crippen molar-refractivity contribution >= 4 is 0 Å². The van der Waals surface area contributed by atoms with Gasteiger partial charge in [0.1, 0.15) is 0 Å². The zero-order valence-corrected chi connectivity index (χ0v) is 9.40. The maximum absolute atomic E-state index is 3.56. The van der Waals surface area contributed by atoms with E-state index in [4.69, 9.17) is 0 Å². The molecule has 0 aliphatic carbocycles. The highest BCUT2D eigenvalue weighted by atomic mass is 14.9. The molecule has 1 heterocycles. The van der Waals surface area contributed by atoms with Crippen LogP contribution in [0.15, 0.2) is 48.5 Å². The van der Waals surface area contributed by atoms with Crippen molar-refractivity contribution in [3.8, 4) is 11.1 Å². The fourth-order valence-electron chi connectivity index (χ4n) is 2.43. The van der Waals surface area contributed by atoms with Crippen LogP contribution in [0.3, 0.4) is 0 Å². The molecule has 1 aliphatic heterocycles.